The van der Waals surface area contributed by atoms with E-state index in [1.165, 1.54) is 0 Å². The van der Waals surface area contributed by atoms with Crippen LogP contribution in [0.15, 0.2) is 0 Å². The molecule has 2 heteroatoms. The number of rotatable bonds is 7. The van der Waals surface area contributed by atoms with Crippen molar-refractivity contribution in [1.82, 2.24) is 0 Å². The Balaban J connectivity index is 3.08. The van der Waals surface area contributed by atoms with Crippen LogP contribution in [0.4, 0.5) is 0 Å². The van der Waals surface area contributed by atoms with Crippen molar-refractivity contribution in [3.8, 4) is 0 Å². The van der Waals surface area contributed by atoms with Crippen molar-refractivity contribution in [3.63, 3.8) is 0 Å². The third kappa shape index (κ3) is 8.02. The monoisotopic (exact) mass is 174 g/mol. The Morgan fingerprint density at radius 2 is 1.92 bits per heavy atom. The molecule has 0 saturated carbocycles. The van der Waals surface area contributed by atoms with Crippen LogP contribution in [0, 0.1) is 0 Å². The van der Waals surface area contributed by atoms with Gasteiger partial charge in [0.05, 0.1) is 12.2 Å². The fraction of sp³-hybridized carbons (Fsp3) is 1.00. The lowest BCUT2D eigenvalue weighted by molar-refractivity contribution is 0.0639. The Hall–Kier alpha value is -0.0800. The van der Waals surface area contributed by atoms with Crippen molar-refractivity contribution in [2.45, 2.75) is 58.7 Å². The van der Waals surface area contributed by atoms with Gasteiger partial charge in [-0.25, -0.2) is 0 Å². The number of aliphatic hydroxyl groups is 1. The van der Waals surface area contributed by atoms with E-state index in [2.05, 4.69) is 6.92 Å². The summed E-state index contributed by atoms with van der Waals surface area (Å²) in [5.74, 6) is 0. The molecule has 0 aromatic carbocycles. The Morgan fingerprint density at radius 1 is 1.25 bits per heavy atom. The highest BCUT2D eigenvalue weighted by molar-refractivity contribution is 4.54. The van der Waals surface area contributed by atoms with E-state index in [0.29, 0.717) is 6.10 Å². The molecule has 0 aromatic heterocycles. The molecule has 0 aliphatic rings. The molecule has 2 nitrogen and oxygen atoms in total. The maximum atomic E-state index is 9.36. The first-order valence-electron chi connectivity index (χ1n) is 4.96. The Labute approximate surface area is 75.9 Å². The molecule has 0 fully saturated rings. The van der Waals surface area contributed by atoms with Crippen molar-refractivity contribution in [2.75, 3.05) is 6.61 Å². The Morgan fingerprint density at radius 3 is 2.42 bits per heavy atom. The second-order valence-corrected chi connectivity index (χ2v) is 3.50. The molecular weight excluding hydrogens is 152 g/mol. The van der Waals surface area contributed by atoms with E-state index in [1.54, 1.807) is 0 Å². The molecule has 0 rings (SSSR count). The summed E-state index contributed by atoms with van der Waals surface area (Å²) in [6, 6.07) is 0. The quantitative estimate of drug-likeness (QED) is 0.600. The zero-order valence-electron chi connectivity index (χ0n) is 8.55. The van der Waals surface area contributed by atoms with Gasteiger partial charge in [-0.05, 0) is 33.1 Å². The molecule has 1 atom stereocenters. The fourth-order valence-corrected chi connectivity index (χ4v) is 1.12. The van der Waals surface area contributed by atoms with Gasteiger partial charge in [-0.3, -0.25) is 0 Å². The van der Waals surface area contributed by atoms with E-state index in [4.69, 9.17) is 4.74 Å². The molecule has 0 saturated heterocycles. The van der Waals surface area contributed by atoms with E-state index in [-0.39, 0.29) is 6.10 Å². The highest BCUT2D eigenvalue weighted by Gasteiger charge is 2.01. The van der Waals surface area contributed by atoms with Crippen LogP contribution in [-0.2, 0) is 4.74 Å². The molecule has 0 heterocycles. The predicted octanol–water partition coefficient (Wildman–Crippen LogP) is 2.35. The first-order valence-corrected chi connectivity index (χ1v) is 4.96. The molecular formula is C10H22O2. The second kappa shape index (κ2) is 7.56. The molecule has 0 amide bonds. The molecule has 1 N–H and O–H groups in total. The van der Waals surface area contributed by atoms with Crippen LogP contribution in [0.2, 0.25) is 0 Å². The minimum absolute atomic E-state index is 0.120. The summed E-state index contributed by atoms with van der Waals surface area (Å²) in [5, 5.41) is 9.36. The first kappa shape index (κ1) is 11.9. The molecule has 0 spiro atoms. The van der Waals surface area contributed by atoms with E-state index < -0.39 is 0 Å². The SMILES string of the molecule is CCCC(O)CCCOC(C)C. The van der Waals surface area contributed by atoms with E-state index in [0.717, 1.165) is 32.3 Å². The second-order valence-electron chi connectivity index (χ2n) is 3.50. The van der Waals surface area contributed by atoms with Crippen LogP contribution in [0.25, 0.3) is 0 Å². The third-order valence-electron chi connectivity index (χ3n) is 1.75. The molecule has 1 unspecified atom stereocenters. The van der Waals surface area contributed by atoms with Crippen molar-refractivity contribution < 1.29 is 9.84 Å². The van der Waals surface area contributed by atoms with Gasteiger partial charge < -0.3 is 9.84 Å². The highest BCUT2D eigenvalue weighted by Crippen LogP contribution is 2.04. The van der Waals surface area contributed by atoms with Crippen LogP contribution < -0.4 is 0 Å². The smallest absolute Gasteiger partial charge is 0.0541 e. The lowest BCUT2D eigenvalue weighted by Crippen LogP contribution is -2.09. The van der Waals surface area contributed by atoms with Crippen LogP contribution in [-0.4, -0.2) is 23.9 Å². The van der Waals surface area contributed by atoms with E-state index in [9.17, 15) is 5.11 Å². The first-order chi connectivity index (χ1) is 5.66. The summed E-state index contributed by atoms with van der Waals surface area (Å²) in [4.78, 5) is 0. The number of ether oxygens (including phenoxy) is 1. The van der Waals surface area contributed by atoms with Gasteiger partial charge in [-0.1, -0.05) is 13.3 Å². The fourth-order valence-electron chi connectivity index (χ4n) is 1.12. The van der Waals surface area contributed by atoms with Gasteiger partial charge >= 0.3 is 0 Å². The van der Waals surface area contributed by atoms with Gasteiger partial charge in [0, 0.05) is 6.61 Å². The minimum Gasteiger partial charge on any atom is -0.393 e. The van der Waals surface area contributed by atoms with Crippen molar-refractivity contribution >= 4 is 0 Å². The van der Waals surface area contributed by atoms with Crippen molar-refractivity contribution in [1.29, 1.82) is 0 Å². The number of hydrogen-bond acceptors (Lipinski definition) is 2. The summed E-state index contributed by atoms with van der Waals surface area (Å²) in [6.07, 6.45) is 4.02. The van der Waals surface area contributed by atoms with Gasteiger partial charge in [0.1, 0.15) is 0 Å². The summed E-state index contributed by atoms with van der Waals surface area (Å²) in [6.45, 7) is 6.93. The van der Waals surface area contributed by atoms with Gasteiger partial charge in [0.2, 0.25) is 0 Å². The zero-order chi connectivity index (χ0) is 9.40. The summed E-state index contributed by atoms with van der Waals surface area (Å²) >= 11 is 0. The van der Waals surface area contributed by atoms with Crippen LogP contribution in [0.3, 0.4) is 0 Å². The lowest BCUT2D eigenvalue weighted by Gasteiger charge is -2.10. The topological polar surface area (TPSA) is 29.5 Å². The summed E-state index contributed by atoms with van der Waals surface area (Å²) in [7, 11) is 0. The van der Waals surface area contributed by atoms with Crippen molar-refractivity contribution in [2.24, 2.45) is 0 Å². The van der Waals surface area contributed by atoms with Crippen molar-refractivity contribution in [3.05, 3.63) is 0 Å². The van der Waals surface area contributed by atoms with Gasteiger partial charge in [0.25, 0.3) is 0 Å². The van der Waals surface area contributed by atoms with Gasteiger partial charge in [-0.15, -0.1) is 0 Å². The maximum Gasteiger partial charge on any atom is 0.0541 e. The summed E-state index contributed by atoms with van der Waals surface area (Å²) in [5.41, 5.74) is 0. The van der Waals surface area contributed by atoms with E-state index >= 15 is 0 Å². The molecule has 0 radical (unpaired) electrons. The van der Waals surface area contributed by atoms with E-state index in [1.807, 2.05) is 13.8 Å². The molecule has 74 valence electrons. The lowest BCUT2D eigenvalue weighted by atomic mass is 10.1. The zero-order valence-corrected chi connectivity index (χ0v) is 8.55. The molecule has 0 bridgehead atoms. The molecule has 12 heavy (non-hydrogen) atoms. The summed E-state index contributed by atoms with van der Waals surface area (Å²) < 4.78 is 5.36. The van der Waals surface area contributed by atoms with Crippen LogP contribution in [0.5, 0.6) is 0 Å². The molecule has 0 aliphatic carbocycles. The molecule has 0 aromatic rings. The Bertz CT molecular complexity index is 91.8. The number of aliphatic hydroxyl groups excluding tert-OH is 1. The van der Waals surface area contributed by atoms with Crippen LogP contribution >= 0.6 is 0 Å². The maximum absolute atomic E-state index is 9.36. The minimum atomic E-state index is -0.120. The standard InChI is InChI=1S/C10H22O2/c1-4-6-10(11)7-5-8-12-9(2)3/h9-11H,4-8H2,1-3H3. The third-order valence-corrected chi connectivity index (χ3v) is 1.75. The highest BCUT2D eigenvalue weighted by atomic mass is 16.5. The predicted molar refractivity (Wildman–Crippen MR) is 51.2 cm³/mol. The molecule has 0 aliphatic heterocycles. The van der Waals surface area contributed by atoms with Gasteiger partial charge in [-0.2, -0.15) is 0 Å². The largest absolute Gasteiger partial charge is 0.393 e. The average Bonchev–Trinajstić information content (AvgIpc) is 1.98. The normalized spacial score (nSPS) is 13.8. The Kier molecular flexibility index (Phi) is 7.51. The van der Waals surface area contributed by atoms with Crippen LogP contribution in [0.1, 0.15) is 46.5 Å². The average molecular weight is 174 g/mol. The number of hydrogen-bond donors (Lipinski definition) is 1. The van der Waals surface area contributed by atoms with Gasteiger partial charge in [0.15, 0.2) is 0 Å².